The highest BCUT2D eigenvalue weighted by atomic mass is 35.5. The van der Waals surface area contributed by atoms with E-state index in [1.807, 2.05) is 38.1 Å². The molecule has 58 heavy (non-hydrogen) atoms. The van der Waals surface area contributed by atoms with E-state index in [4.69, 9.17) is 16.3 Å². The van der Waals surface area contributed by atoms with Crippen LogP contribution in [0.4, 0.5) is 17.6 Å². The Morgan fingerprint density at radius 1 is 0.862 bits per heavy atom. The van der Waals surface area contributed by atoms with Crippen molar-refractivity contribution in [2.45, 2.75) is 50.4 Å². The Balaban J connectivity index is 0.00000139. The monoisotopic (exact) mass is 849 g/mol. The lowest BCUT2D eigenvalue weighted by atomic mass is 10.0. The molecule has 0 aliphatic heterocycles. The van der Waals surface area contributed by atoms with Crippen molar-refractivity contribution in [2.24, 2.45) is 0 Å². The third kappa shape index (κ3) is 16.3. The number of ether oxygens (including phenoxy) is 2. The number of aromatic nitrogens is 2. The first-order valence-electron chi connectivity index (χ1n) is 18.3. The Labute approximate surface area is 344 Å². The van der Waals surface area contributed by atoms with Crippen molar-refractivity contribution < 1.29 is 41.4 Å². The quantitative estimate of drug-likeness (QED) is 0.0464. The van der Waals surface area contributed by atoms with E-state index in [0.29, 0.717) is 35.1 Å². The van der Waals surface area contributed by atoms with Gasteiger partial charge in [0.25, 0.3) is 5.56 Å². The summed E-state index contributed by atoms with van der Waals surface area (Å²) in [6, 6.07) is 18.3. The molecule has 0 atom stereocenters. The van der Waals surface area contributed by atoms with Gasteiger partial charge < -0.3 is 29.2 Å². The Kier molecular flexibility index (Phi) is 20.0. The minimum Gasteiger partial charge on any atom is -0.376 e. The summed E-state index contributed by atoms with van der Waals surface area (Å²) in [5, 5.41) is 2.55. The number of rotatable bonds is 20. The van der Waals surface area contributed by atoms with Crippen LogP contribution in [0.1, 0.15) is 36.1 Å². The number of likely N-dealkylation sites (N-methyl/N-ethyl adjacent to an activating group) is 1. The smallest absolute Gasteiger partial charge is 0.376 e. The summed E-state index contributed by atoms with van der Waals surface area (Å²) in [5.41, 5.74) is 2.16. The Morgan fingerprint density at radius 2 is 1.45 bits per heavy atom. The molecule has 0 saturated carbocycles. The van der Waals surface area contributed by atoms with E-state index in [1.165, 1.54) is 50.2 Å². The van der Waals surface area contributed by atoms with Gasteiger partial charge in [-0.1, -0.05) is 74.1 Å². The maximum absolute atomic E-state index is 14.1. The van der Waals surface area contributed by atoms with Gasteiger partial charge in [-0.25, -0.2) is 4.39 Å². The molecule has 17 heteroatoms. The summed E-state index contributed by atoms with van der Waals surface area (Å²) >= 11 is 6.06. The number of halogens is 5. The van der Waals surface area contributed by atoms with Gasteiger partial charge in [0.2, 0.25) is 17.1 Å². The van der Waals surface area contributed by atoms with Gasteiger partial charge >= 0.3 is 6.18 Å². The fourth-order valence-electron chi connectivity index (χ4n) is 5.50. The van der Waals surface area contributed by atoms with Crippen molar-refractivity contribution in [3.8, 4) is 11.1 Å². The van der Waals surface area contributed by atoms with Crippen LogP contribution in [-0.4, -0.2) is 96.6 Å². The third-order valence-electron chi connectivity index (χ3n) is 8.67. The molecule has 1 N–H and O–H groups in total. The molecule has 1 aromatic heterocycles. The number of methoxy groups -OCH3 is 2. The minimum atomic E-state index is -4.42. The van der Waals surface area contributed by atoms with E-state index in [9.17, 15) is 36.7 Å². The summed E-state index contributed by atoms with van der Waals surface area (Å²) in [4.78, 5) is 57.0. The van der Waals surface area contributed by atoms with Crippen LogP contribution < -0.4 is 10.9 Å². The molecule has 0 aliphatic carbocycles. The van der Waals surface area contributed by atoms with E-state index in [-0.39, 0.29) is 56.9 Å². The zero-order valence-electron chi connectivity index (χ0n) is 32.8. The van der Waals surface area contributed by atoms with Crippen molar-refractivity contribution in [3.63, 3.8) is 0 Å². The highest BCUT2D eigenvalue weighted by Gasteiger charge is 2.30. The van der Waals surface area contributed by atoms with Gasteiger partial charge in [0, 0.05) is 57.9 Å². The molecule has 11 nitrogen and oxygen atoms in total. The number of hydrogen-bond acceptors (Lipinski definition) is 9. The second-order valence-electron chi connectivity index (χ2n) is 12.8. The second kappa shape index (κ2) is 24.3. The number of carbonyl (C=O) groups excluding carboxylic acids is 3. The first-order chi connectivity index (χ1) is 27.7. The van der Waals surface area contributed by atoms with Gasteiger partial charge in [0.15, 0.2) is 5.16 Å². The molecule has 0 spiro atoms. The molecular weight excluding hydrogens is 802 g/mol. The molecule has 3 aromatic carbocycles. The van der Waals surface area contributed by atoms with Crippen LogP contribution in [0.15, 0.2) is 88.9 Å². The van der Waals surface area contributed by atoms with Crippen molar-refractivity contribution in [1.29, 1.82) is 0 Å². The Bertz CT molecular complexity index is 1960. The van der Waals surface area contributed by atoms with Gasteiger partial charge in [-0.05, 0) is 77.6 Å². The van der Waals surface area contributed by atoms with E-state index >= 15 is 0 Å². The van der Waals surface area contributed by atoms with Crippen LogP contribution in [-0.2, 0) is 55.3 Å². The van der Waals surface area contributed by atoms with Crippen molar-refractivity contribution in [2.75, 3.05) is 60.2 Å². The SMILES string of the molecule is CCN(CC)CCN(Cc1ccc(-c2ccc(C(F)(F)F)cc2)cc1)C(=O)Cn1cc(CCNC(=O)COC)c(=O)nc1SCc1ccc(F)cc1.COCC(=O)Cl. The van der Waals surface area contributed by atoms with Crippen molar-refractivity contribution in [3.05, 3.63) is 117 Å². The fourth-order valence-corrected chi connectivity index (χ4v) is 6.52. The molecular formula is C41H48ClF4N5O6S. The first kappa shape index (κ1) is 47.8. The van der Waals surface area contributed by atoms with E-state index in [0.717, 1.165) is 41.9 Å². The fraction of sp³-hybridized carbons (Fsp3) is 0.390. The largest absolute Gasteiger partial charge is 0.416 e. The zero-order valence-corrected chi connectivity index (χ0v) is 34.4. The topological polar surface area (TPSA) is 123 Å². The van der Waals surface area contributed by atoms with Gasteiger partial charge in [-0.3, -0.25) is 19.2 Å². The number of nitrogens with one attached hydrogen (secondary N) is 1. The minimum absolute atomic E-state index is 0.00154. The second-order valence-corrected chi connectivity index (χ2v) is 14.2. The summed E-state index contributed by atoms with van der Waals surface area (Å²) < 4.78 is 63.5. The van der Waals surface area contributed by atoms with E-state index in [1.54, 1.807) is 27.8 Å². The Morgan fingerprint density at radius 3 is 1.98 bits per heavy atom. The van der Waals surface area contributed by atoms with Crippen molar-refractivity contribution in [1.82, 2.24) is 24.7 Å². The normalized spacial score (nSPS) is 11.2. The van der Waals surface area contributed by atoms with Gasteiger partial charge in [0.05, 0.1) is 5.56 Å². The summed E-state index contributed by atoms with van der Waals surface area (Å²) in [5.74, 6) is -0.527. The molecule has 314 valence electrons. The molecule has 0 saturated heterocycles. The maximum Gasteiger partial charge on any atom is 0.416 e. The number of carbonyl (C=O) groups is 3. The predicted molar refractivity (Wildman–Crippen MR) is 216 cm³/mol. The number of thioether (sulfide) groups is 1. The van der Waals surface area contributed by atoms with Crippen LogP contribution in [0.3, 0.4) is 0 Å². The third-order valence-corrected chi connectivity index (χ3v) is 9.84. The lowest BCUT2D eigenvalue weighted by Gasteiger charge is -2.27. The number of benzene rings is 3. The van der Waals surface area contributed by atoms with Gasteiger partial charge in [-0.15, -0.1) is 0 Å². The van der Waals surface area contributed by atoms with E-state index < -0.39 is 22.5 Å². The lowest BCUT2D eigenvalue weighted by molar-refractivity contribution is -0.137. The summed E-state index contributed by atoms with van der Waals surface area (Å²) in [7, 11) is 2.82. The van der Waals surface area contributed by atoms with Crippen LogP contribution in [0.5, 0.6) is 0 Å². The molecule has 4 aromatic rings. The van der Waals surface area contributed by atoms with Crippen LogP contribution in [0, 0.1) is 5.82 Å². The predicted octanol–water partition coefficient (Wildman–Crippen LogP) is 6.43. The lowest BCUT2D eigenvalue weighted by Crippen LogP contribution is -2.40. The van der Waals surface area contributed by atoms with Gasteiger partial charge in [-0.2, -0.15) is 18.2 Å². The number of alkyl halides is 3. The van der Waals surface area contributed by atoms with Crippen LogP contribution in [0.25, 0.3) is 11.1 Å². The average molecular weight is 850 g/mol. The summed E-state index contributed by atoms with van der Waals surface area (Å²) in [6.07, 6.45) is -2.63. The summed E-state index contributed by atoms with van der Waals surface area (Å²) in [6.45, 7) is 6.97. The average Bonchev–Trinajstić information content (AvgIpc) is 3.19. The van der Waals surface area contributed by atoms with Crippen LogP contribution >= 0.6 is 23.4 Å². The molecule has 1 heterocycles. The molecule has 2 amide bonds. The number of nitrogens with zero attached hydrogens (tertiary/aromatic N) is 4. The number of amides is 2. The Hall–Kier alpha value is -4.61. The highest BCUT2D eigenvalue weighted by Crippen LogP contribution is 2.31. The number of hydrogen-bond donors (Lipinski definition) is 1. The van der Waals surface area contributed by atoms with Gasteiger partial charge in [0.1, 0.15) is 25.6 Å². The molecule has 0 radical (unpaired) electrons. The standard InChI is InChI=1S/C38H43F4N5O4S.C3H5ClO2/c1-4-45(5-2)20-21-46(22-27-6-10-29(11-7-27)30-12-14-32(15-13-30)38(40,41)42)35(49)24-47-23-31(18-19-43-34(48)25-51-3)36(50)44-37(47)52-26-28-8-16-33(39)17-9-28;1-6-2-3(4)5/h6-17,23H,4-5,18-22,24-26H2,1-3H3,(H,43,48);2H2,1H3. The molecule has 0 unspecified atom stereocenters. The molecule has 0 aliphatic rings. The highest BCUT2D eigenvalue weighted by molar-refractivity contribution is 7.98. The van der Waals surface area contributed by atoms with Crippen molar-refractivity contribution >= 4 is 40.4 Å². The van der Waals surface area contributed by atoms with Crippen LogP contribution in [0.2, 0.25) is 0 Å². The zero-order chi connectivity index (χ0) is 42.7. The molecule has 0 bridgehead atoms. The molecule has 0 fully saturated rings. The van der Waals surface area contributed by atoms with E-state index in [2.05, 4.69) is 19.9 Å². The maximum atomic E-state index is 14.1. The first-order valence-corrected chi connectivity index (χ1v) is 19.7. The molecule has 4 rings (SSSR count).